The molecule has 2 aromatic rings. The molecular formula is C12H15N3O2. The zero-order valence-electron chi connectivity index (χ0n) is 9.68. The summed E-state index contributed by atoms with van der Waals surface area (Å²) in [7, 11) is 1.89. The van der Waals surface area contributed by atoms with E-state index in [2.05, 4.69) is 15.5 Å². The predicted molar refractivity (Wildman–Crippen MR) is 62.8 cm³/mol. The van der Waals surface area contributed by atoms with Gasteiger partial charge >= 0.3 is 0 Å². The van der Waals surface area contributed by atoms with Crippen molar-refractivity contribution < 1.29 is 9.63 Å². The lowest BCUT2D eigenvalue weighted by atomic mass is 10.1. The van der Waals surface area contributed by atoms with Gasteiger partial charge < -0.3 is 14.9 Å². The largest absolute Gasteiger partial charge is 0.508 e. The van der Waals surface area contributed by atoms with Crippen LogP contribution in [0.2, 0.25) is 0 Å². The van der Waals surface area contributed by atoms with Crippen molar-refractivity contribution in [2.75, 3.05) is 13.6 Å². The van der Waals surface area contributed by atoms with Crippen LogP contribution in [0.1, 0.15) is 17.3 Å². The lowest BCUT2D eigenvalue weighted by Gasteiger charge is -1.96. The number of hydrogen-bond acceptors (Lipinski definition) is 5. The summed E-state index contributed by atoms with van der Waals surface area (Å²) >= 11 is 0. The maximum absolute atomic E-state index is 9.17. The molecule has 0 radical (unpaired) electrons. The molecule has 2 rings (SSSR count). The molecule has 5 nitrogen and oxygen atoms in total. The molecule has 1 aromatic carbocycles. The van der Waals surface area contributed by atoms with Crippen molar-refractivity contribution in [1.82, 2.24) is 15.5 Å². The smallest absolute Gasteiger partial charge is 0.231 e. The van der Waals surface area contributed by atoms with Gasteiger partial charge in [-0.2, -0.15) is 4.98 Å². The van der Waals surface area contributed by atoms with E-state index < -0.39 is 0 Å². The SMILES string of the molecule is CNCCc1noc(Cc2ccc(O)cc2)n1. The van der Waals surface area contributed by atoms with Crippen LogP contribution >= 0.6 is 0 Å². The molecule has 2 N–H and O–H groups in total. The van der Waals surface area contributed by atoms with E-state index in [1.54, 1.807) is 12.1 Å². The number of rotatable bonds is 5. The molecule has 0 bridgehead atoms. The number of phenols is 1. The van der Waals surface area contributed by atoms with E-state index >= 15 is 0 Å². The number of phenolic OH excluding ortho intramolecular Hbond substituents is 1. The number of nitrogens with one attached hydrogen (secondary N) is 1. The first-order chi connectivity index (χ1) is 8.28. The summed E-state index contributed by atoms with van der Waals surface area (Å²) in [6, 6.07) is 6.97. The van der Waals surface area contributed by atoms with Gasteiger partial charge in [-0.1, -0.05) is 17.3 Å². The molecule has 90 valence electrons. The highest BCUT2D eigenvalue weighted by atomic mass is 16.5. The first-order valence-corrected chi connectivity index (χ1v) is 5.52. The quantitative estimate of drug-likeness (QED) is 0.810. The lowest BCUT2D eigenvalue weighted by Crippen LogP contribution is -2.11. The fourth-order valence-electron chi connectivity index (χ4n) is 1.49. The summed E-state index contributed by atoms with van der Waals surface area (Å²) in [5.41, 5.74) is 1.03. The molecule has 0 saturated carbocycles. The number of hydrogen-bond donors (Lipinski definition) is 2. The van der Waals surface area contributed by atoms with Gasteiger partial charge in [-0.25, -0.2) is 0 Å². The Labute approximate surface area is 99.5 Å². The van der Waals surface area contributed by atoms with E-state index in [0.29, 0.717) is 18.1 Å². The minimum Gasteiger partial charge on any atom is -0.508 e. The van der Waals surface area contributed by atoms with E-state index in [1.807, 2.05) is 19.2 Å². The second kappa shape index (κ2) is 5.45. The third-order valence-corrected chi connectivity index (χ3v) is 2.40. The fraction of sp³-hybridized carbons (Fsp3) is 0.333. The van der Waals surface area contributed by atoms with E-state index in [9.17, 15) is 0 Å². The highest BCUT2D eigenvalue weighted by Crippen LogP contribution is 2.12. The first-order valence-electron chi connectivity index (χ1n) is 5.52. The Kier molecular flexibility index (Phi) is 3.72. The number of aromatic hydroxyl groups is 1. The average Bonchev–Trinajstić information content (AvgIpc) is 2.77. The van der Waals surface area contributed by atoms with Crippen LogP contribution in [0.4, 0.5) is 0 Å². The maximum Gasteiger partial charge on any atom is 0.231 e. The molecule has 0 saturated heterocycles. The van der Waals surface area contributed by atoms with Crippen LogP contribution in [0.3, 0.4) is 0 Å². The van der Waals surface area contributed by atoms with Crippen LogP contribution in [-0.2, 0) is 12.8 Å². The Morgan fingerprint density at radius 1 is 1.29 bits per heavy atom. The molecule has 0 fully saturated rings. The molecular weight excluding hydrogens is 218 g/mol. The van der Waals surface area contributed by atoms with E-state index in [-0.39, 0.29) is 5.75 Å². The van der Waals surface area contributed by atoms with Gasteiger partial charge in [0.05, 0.1) is 6.42 Å². The second-order valence-electron chi connectivity index (χ2n) is 3.80. The highest BCUT2D eigenvalue weighted by Gasteiger charge is 2.06. The van der Waals surface area contributed by atoms with Crippen molar-refractivity contribution in [3.05, 3.63) is 41.5 Å². The molecule has 5 heteroatoms. The van der Waals surface area contributed by atoms with Gasteiger partial charge in [-0.3, -0.25) is 0 Å². The van der Waals surface area contributed by atoms with Crippen LogP contribution in [0, 0.1) is 0 Å². The Balaban J connectivity index is 1.98. The van der Waals surface area contributed by atoms with Crippen molar-refractivity contribution >= 4 is 0 Å². The fourth-order valence-corrected chi connectivity index (χ4v) is 1.49. The van der Waals surface area contributed by atoms with Crippen LogP contribution in [0.5, 0.6) is 5.75 Å². The maximum atomic E-state index is 9.17. The van der Waals surface area contributed by atoms with Crippen molar-refractivity contribution in [3.63, 3.8) is 0 Å². The summed E-state index contributed by atoms with van der Waals surface area (Å²) in [4.78, 5) is 4.29. The predicted octanol–water partition coefficient (Wildman–Crippen LogP) is 1.13. The van der Waals surface area contributed by atoms with Gasteiger partial charge in [-0.05, 0) is 24.7 Å². The van der Waals surface area contributed by atoms with Gasteiger partial charge in [0.2, 0.25) is 5.89 Å². The topological polar surface area (TPSA) is 71.2 Å². The van der Waals surface area contributed by atoms with Crippen molar-refractivity contribution in [1.29, 1.82) is 0 Å². The van der Waals surface area contributed by atoms with Crippen molar-refractivity contribution in [2.24, 2.45) is 0 Å². The van der Waals surface area contributed by atoms with Crippen LogP contribution in [0.25, 0.3) is 0 Å². The molecule has 17 heavy (non-hydrogen) atoms. The Morgan fingerprint density at radius 2 is 2.06 bits per heavy atom. The number of nitrogens with zero attached hydrogens (tertiary/aromatic N) is 2. The van der Waals surface area contributed by atoms with E-state index in [4.69, 9.17) is 9.63 Å². The van der Waals surface area contributed by atoms with Gasteiger partial charge in [0.25, 0.3) is 0 Å². The molecule has 1 aromatic heterocycles. The molecule has 0 spiro atoms. The Bertz CT molecular complexity index is 465. The molecule has 0 atom stereocenters. The van der Waals surface area contributed by atoms with Crippen molar-refractivity contribution in [3.8, 4) is 5.75 Å². The van der Waals surface area contributed by atoms with Gasteiger partial charge in [0.15, 0.2) is 5.82 Å². The zero-order valence-corrected chi connectivity index (χ0v) is 9.68. The summed E-state index contributed by atoms with van der Waals surface area (Å²) in [6.07, 6.45) is 1.35. The first kappa shape index (κ1) is 11.6. The molecule has 0 aliphatic heterocycles. The third kappa shape index (κ3) is 3.29. The van der Waals surface area contributed by atoms with Gasteiger partial charge in [-0.15, -0.1) is 0 Å². The standard InChI is InChI=1S/C12H15N3O2/c1-13-7-6-11-14-12(17-15-11)8-9-2-4-10(16)5-3-9/h2-5,13,16H,6-8H2,1H3. The zero-order chi connectivity index (χ0) is 12.1. The Morgan fingerprint density at radius 3 is 2.76 bits per heavy atom. The monoisotopic (exact) mass is 233 g/mol. The van der Waals surface area contributed by atoms with E-state index in [1.165, 1.54) is 0 Å². The van der Waals surface area contributed by atoms with E-state index in [0.717, 1.165) is 18.5 Å². The number of aromatic nitrogens is 2. The molecule has 0 aliphatic rings. The van der Waals surface area contributed by atoms with Gasteiger partial charge in [0, 0.05) is 13.0 Å². The van der Waals surface area contributed by atoms with Crippen LogP contribution < -0.4 is 5.32 Å². The molecule has 0 unspecified atom stereocenters. The van der Waals surface area contributed by atoms with Gasteiger partial charge in [0.1, 0.15) is 5.75 Å². The van der Waals surface area contributed by atoms with Crippen LogP contribution in [-0.4, -0.2) is 28.8 Å². The van der Waals surface area contributed by atoms with Crippen molar-refractivity contribution in [2.45, 2.75) is 12.8 Å². The lowest BCUT2D eigenvalue weighted by molar-refractivity contribution is 0.379. The molecule has 0 aliphatic carbocycles. The molecule has 1 heterocycles. The van der Waals surface area contributed by atoms with Crippen LogP contribution in [0.15, 0.2) is 28.8 Å². The highest BCUT2D eigenvalue weighted by molar-refractivity contribution is 5.27. The molecule has 0 amide bonds. The number of benzene rings is 1. The Hall–Kier alpha value is -1.88. The second-order valence-corrected chi connectivity index (χ2v) is 3.80. The summed E-state index contributed by atoms with van der Waals surface area (Å²) < 4.78 is 5.14. The average molecular weight is 233 g/mol. The minimum atomic E-state index is 0.258. The summed E-state index contributed by atoms with van der Waals surface area (Å²) in [5.74, 6) is 1.57. The third-order valence-electron chi connectivity index (χ3n) is 2.40. The minimum absolute atomic E-state index is 0.258. The summed E-state index contributed by atoms with van der Waals surface area (Å²) in [6.45, 7) is 0.832. The normalized spacial score (nSPS) is 10.6. The summed E-state index contributed by atoms with van der Waals surface area (Å²) in [5, 5.41) is 16.1. The number of likely N-dealkylation sites (N-methyl/N-ethyl adjacent to an activating group) is 1.